The van der Waals surface area contributed by atoms with Crippen LogP contribution in [0.1, 0.15) is 16.9 Å². The Morgan fingerprint density at radius 3 is 2.68 bits per heavy atom. The van der Waals surface area contributed by atoms with Crippen molar-refractivity contribution >= 4 is 46.7 Å². The van der Waals surface area contributed by atoms with E-state index in [2.05, 4.69) is 10.2 Å². The van der Waals surface area contributed by atoms with Crippen molar-refractivity contribution in [2.24, 2.45) is 10.2 Å². The number of ether oxygens (including phenoxy) is 1. The van der Waals surface area contributed by atoms with E-state index < -0.39 is 0 Å². The maximum Gasteiger partial charge on any atom is 0.267 e. The molecule has 1 fully saturated rings. The highest BCUT2D eigenvalue weighted by Gasteiger charge is 2.34. The number of carbonyl (C=O) groups excluding carboxylic acids is 1. The van der Waals surface area contributed by atoms with Gasteiger partial charge in [0.2, 0.25) is 0 Å². The normalized spacial score (nSPS) is 16.7. The second-order valence-corrected chi connectivity index (χ2v) is 7.95. The molecule has 6 nitrogen and oxygen atoms in total. The summed E-state index contributed by atoms with van der Waals surface area (Å²) >= 11 is 7.17. The van der Waals surface area contributed by atoms with Gasteiger partial charge in [-0.25, -0.2) is 0 Å². The number of benzene rings is 2. The van der Waals surface area contributed by atoms with Gasteiger partial charge >= 0.3 is 0 Å². The number of thioether (sulfide) groups is 1. The van der Waals surface area contributed by atoms with Crippen LogP contribution in [0.3, 0.4) is 0 Å². The quantitative estimate of drug-likeness (QED) is 0.284. The lowest BCUT2D eigenvalue weighted by Gasteiger charge is -2.12. The third kappa shape index (κ3) is 5.07. The molecule has 0 aliphatic carbocycles. The Morgan fingerprint density at radius 2 is 1.94 bits per heavy atom. The van der Waals surface area contributed by atoms with Crippen molar-refractivity contribution in [1.29, 1.82) is 0 Å². The second kappa shape index (κ2) is 9.68. The first-order chi connectivity index (χ1) is 15.1. The highest BCUT2D eigenvalue weighted by molar-refractivity contribution is 8.18. The van der Waals surface area contributed by atoms with E-state index >= 15 is 0 Å². The lowest BCUT2D eigenvalue weighted by atomic mass is 10.2. The van der Waals surface area contributed by atoms with Crippen molar-refractivity contribution in [1.82, 2.24) is 4.90 Å². The van der Waals surface area contributed by atoms with Crippen LogP contribution in [0.5, 0.6) is 5.75 Å². The average molecular weight is 452 g/mol. The van der Waals surface area contributed by atoms with Crippen molar-refractivity contribution in [3.05, 3.63) is 93.7 Å². The number of nitrogens with zero attached hydrogens (tertiary/aromatic N) is 3. The van der Waals surface area contributed by atoms with Gasteiger partial charge in [0.1, 0.15) is 11.5 Å². The summed E-state index contributed by atoms with van der Waals surface area (Å²) < 4.78 is 10.8. The molecule has 0 saturated carbocycles. The van der Waals surface area contributed by atoms with Gasteiger partial charge in [0, 0.05) is 10.6 Å². The first-order valence-electron chi connectivity index (χ1n) is 9.37. The van der Waals surface area contributed by atoms with Gasteiger partial charge in [-0.1, -0.05) is 41.9 Å². The van der Waals surface area contributed by atoms with E-state index in [1.165, 1.54) is 11.8 Å². The molecule has 4 rings (SSSR count). The minimum absolute atomic E-state index is 0.173. The molecular weight excluding hydrogens is 434 g/mol. The molecule has 156 valence electrons. The van der Waals surface area contributed by atoms with Crippen LogP contribution in [0.2, 0.25) is 5.02 Å². The molecule has 8 heteroatoms. The number of furan rings is 1. The number of hydrogen-bond acceptors (Lipinski definition) is 6. The highest BCUT2D eigenvalue weighted by Crippen LogP contribution is 2.35. The van der Waals surface area contributed by atoms with Gasteiger partial charge in [0.05, 0.1) is 31.0 Å². The molecule has 3 aromatic rings. The predicted octanol–water partition coefficient (Wildman–Crippen LogP) is 5.45. The van der Waals surface area contributed by atoms with E-state index in [1.807, 2.05) is 42.5 Å². The van der Waals surface area contributed by atoms with Crippen LogP contribution < -0.4 is 4.74 Å². The first kappa shape index (κ1) is 21.0. The third-order valence-electron chi connectivity index (χ3n) is 4.43. The summed E-state index contributed by atoms with van der Waals surface area (Å²) in [4.78, 5) is 15.2. The average Bonchev–Trinajstić information content (AvgIpc) is 3.40. The molecular formula is C23H18ClN3O3S. The monoisotopic (exact) mass is 451 g/mol. The van der Waals surface area contributed by atoms with Crippen LogP contribution in [0.4, 0.5) is 0 Å². The molecule has 1 amide bonds. The molecule has 0 radical (unpaired) electrons. The fourth-order valence-corrected chi connectivity index (χ4v) is 3.95. The van der Waals surface area contributed by atoms with Crippen LogP contribution in [0.25, 0.3) is 6.08 Å². The van der Waals surface area contributed by atoms with Crippen molar-refractivity contribution in [3.63, 3.8) is 0 Å². The maximum atomic E-state index is 13.1. The summed E-state index contributed by atoms with van der Waals surface area (Å²) in [6.07, 6.45) is 4.98. The number of hydrogen-bond donors (Lipinski definition) is 0. The van der Waals surface area contributed by atoms with Gasteiger partial charge in [-0.15, -0.1) is 5.10 Å². The molecule has 0 N–H and O–H groups in total. The van der Waals surface area contributed by atoms with Gasteiger partial charge in [-0.2, -0.15) is 5.10 Å². The number of amidine groups is 1. The summed E-state index contributed by atoms with van der Waals surface area (Å²) in [5.74, 6) is 1.17. The minimum Gasteiger partial charge on any atom is -0.496 e. The lowest BCUT2D eigenvalue weighted by molar-refractivity contribution is -0.122. The zero-order chi connectivity index (χ0) is 21.6. The minimum atomic E-state index is -0.173. The molecule has 1 saturated heterocycles. The molecule has 0 spiro atoms. The summed E-state index contributed by atoms with van der Waals surface area (Å²) in [7, 11) is 1.60. The molecule has 0 bridgehead atoms. The van der Waals surface area contributed by atoms with E-state index in [9.17, 15) is 4.79 Å². The molecule has 0 atom stereocenters. The number of amides is 1. The Balaban J connectivity index is 1.63. The number of rotatable bonds is 6. The summed E-state index contributed by atoms with van der Waals surface area (Å²) in [6, 6.07) is 18.4. The van der Waals surface area contributed by atoms with Gasteiger partial charge in [-0.3, -0.25) is 9.69 Å². The molecule has 31 heavy (non-hydrogen) atoms. The van der Waals surface area contributed by atoms with Crippen molar-refractivity contribution in [2.75, 3.05) is 7.11 Å². The van der Waals surface area contributed by atoms with Gasteiger partial charge in [0.25, 0.3) is 5.91 Å². The zero-order valence-electron chi connectivity index (χ0n) is 16.6. The van der Waals surface area contributed by atoms with E-state index in [0.29, 0.717) is 26.6 Å². The Labute approximate surface area is 188 Å². The molecule has 1 aromatic heterocycles. The van der Waals surface area contributed by atoms with Crippen molar-refractivity contribution in [2.45, 2.75) is 6.54 Å². The molecule has 0 unspecified atom stereocenters. The van der Waals surface area contributed by atoms with Crippen LogP contribution in [0.15, 0.2) is 86.5 Å². The smallest absolute Gasteiger partial charge is 0.267 e. The van der Waals surface area contributed by atoms with Crippen LogP contribution in [-0.4, -0.2) is 29.3 Å². The number of methoxy groups -OCH3 is 1. The first-order valence-corrected chi connectivity index (χ1v) is 10.6. The Hall–Kier alpha value is -3.29. The van der Waals surface area contributed by atoms with E-state index in [0.717, 1.165) is 11.1 Å². The molecule has 2 heterocycles. The zero-order valence-corrected chi connectivity index (χ0v) is 18.1. The number of halogens is 1. The Morgan fingerprint density at radius 1 is 1.13 bits per heavy atom. The lowest BCUT2D eigenvalue weighted by Crippen LogP contribution is -2.28. The second-order valence-electron chi connectivity index (χ2n) is 6.50. The van der Waals surface area contributed by atoms with Crippen molar-refractivity contribution < 1.29 is 13.9 Å². The Kier molecular flexibility index (Phi) is 6.54. The van der Waals surface area contributed by atoms with E-state index in [-0.39, 0.29) is 12.5 Å². The summed E-state index contributed by atoms with van der Waals surface area (Å²) in [6.45, 7) is 0.261. The standard InChI is InChI=1S/C23H18ClN3O3S/c1-29-20-7-3-2-5-17(20)13-21-22(28)27(15-19-6-4-12-30-19)23(31-21)26-25-14-16-8-10-18(24)11-9-16/h2-14H,15H2,1H3/b21-13-,25-14+,26-23-. The van der Waals surface area contributed by atoms with Crippen molar-refractivity contribution in [3.8, 4) is 5.75 Å². The highest BCUT2D eigenvalue weighted by atomic mass is 35.5. The number of carbonyl (C=O) groups is 1. The van der Waals surface area contributed by atoms with Crippen LogP contribution in [-0.2, 0) is 11.3 Å². The van der Waals surface area contributed by atoms with Crippen LogP contribution in [0, 0.1) is 0 Å². The summed E-state index contributed by atoms with van der Waals surface area (Å²) in [5, 5.41) is 9.57. The third-order valence-corrected chi connectivity index (χ3v) is 5.68. The van der Waals surface area contributed by atoms with Gasteiger partial charge in [-0.05, 0) is 53.7 Å². The van der Waals surface area contributed by atoms with E-state index in [1.54, 1.807) is 48.8 Å². The van der Waals surface area contributed by atoms with Gasteiger partial charge < -0.3 is 9.15 Å². The largest absolute Gasteiger partial charge is 0.496 e. The van der Waals surface area contributed by atoms with Gasteiger partial charge in [0.15, 0.2) is 5.17 Å². The molecule has 1 aliphatic heterocycles. The molecule has 1 aliphatic rings. The van der Waals surface area contributed by atoms with E-state index in [4.69, 9.17) is 20.8 Å². The topological polar surface area (TPSA) is 67.4 Å². The fraction of sp³-hybridized carbons (Fsp3) is 0.0870. The maximum absolute atomic E-state index is 13.1. The number of para-hydroxylation sites is 1. The Bertz CT molecular complexity index is 1160. The predicted molar refractivity (Wildman–Crippen MR) is 124 cm³/mol. The van der Waals surface area contributed by atoms with Crippen LogP contribution >= 0.6 is 23.4 Å². The molecule has 2 aromatic carbocycles. The summed E-state index contributed by atoms with van der Waals surface area (Å²) in [5.41, 5.74) is 1.66. The fourth-order valence-electron chi connectivity index (χ4n) is 2.90. The SMILES string of the molecule is COc1ccccc1/C=C1\S/C(=N\N=C\c2ccc(Cl)cc2)N(Cc2ccco2)C1=O.